The molecule has 0 aliphatic carbocycles. The molecule has 186 valence electrons. The Balaban J connectivity index is 0.000000338. The monoisotopic (exact) mass is 493 g/mol. The van der Waals surface area contributed by atoms with E-state index in [9.17, 15) is 19.2 Å². The highest BCUT2D eigenvalue weighted by Crippen LogP contribution is 2.44. The molecule has 0 spiro atoms. The van der Waals surface area contributed by atoms with Gasteiger partial charge in [-0.2, -0.15) is 0 Å². The van der Waals surface area contributed by atoms with Gasteiger partial charge in [0.15, 0.2) is 11.5 Å². The third-order valence-electron chi connectivity index (χ3n) is 6.47. The van der Waals surface area contributed by atoms with Crippen LogP contribution in [0.2, 0.25) is 0 Å². The summed E-state index contributed by atoms with van der Waals surface area (Å²) in [6.45, 7) is 0.279. The van der Waals surface area contributed by atoms with E-state index in [1.165, 1.54) is 4.90 Å². The van der Waals surface area contributed by atoms with Crippen LogP contribution in [0.15, 0.2) is 42.5 Å². The number of nitrogens with one attached hydrogen (secondary N) is 1. The number of aromatic nitrogens is 1. The van der Waals surface area contributed by atoms with Gasteiger partial charge in [-0.25, -0.2) is 0 Å². The smallest absolute Gasteiger partial charge is 0.314 e. The van der Waals surface area contributed by atoms with Gasteiger partial charge in [-0.3, -0.25) is 19.2 Å². The molecule has 1 fully saturated rings. The Labute approximate surface area is 204 Å². The molecule has 3 aliphatic rings. The molecule has 6 rings (SSSR count). The zero-order valence-corrected chi connectivity index (χ0v) is 19.3. The number of hydrogen-bond donors (Lipinski definition) is 3. The fraction of sp³-hybridized carbons (Fsp3) is 0.280. The summed E-state index contributed by atoms with van der Waals surface area (Å²) >= 11 is 0. The molecule has 3 aliphatic heterocycles. The second kappa shape index (κ2) is 8.91. The average molecular weight is 493 g/mol. The lowest BCUT2D eigenvalue weighted by molar-refractivity contribution is -0.157. The van der Waals surface area contributed by atoms with Crippen molar-refractivity contribution in [2.45, 2.75) is 24.9 Å². The fourth-order valence-electron chi connectivity index (χ4n) is 4.97. The number of carbonyl (C=O) groups is 4. The summed E-state index contributed by atoms with van der Waals surface area (Å²) in [5.74, 6) is -1.34. The maximum Gasteiger partial charge on any atom is 0.314 e. The highest BCUT2D eigenvalue weighted by molar-refractivity contribution is 5.97. The van der Waals surface area contributed by atoms with Gasteiger partial charge in [0.05, 0.1) is 12.6 Å². The van der Waals surface area contributed by atoms with Crippen molar-refractivity contribution < 1.29 is 38.9 Å². The van der Waals surface area contributed by atoms with E-state index in [1.54, 1.807) is 11.9 Å². The Morgan fingerprint density at radius 3 is 2.50 bits per heavy atom. The summed E-state index contributed by atoms with van der Waals surface area (Å²) in [6.07, 6.45) is -0.296. The quantitative estimate of drug-likeness (QED) is 0.467. The number of benzene rings is 2. The first-order valence-corrected chi connectivity index (χ1v) is 11.2. The zero-order valence-electron chi connectivity index (χ0n) is 19.3. The number of piperazine rings is 1. The van der Waals surface area contributed by atoms with Crippen LogP contribution in [-0.4, -0.2) is 75.2 Å². The van der Waals surface area contributed by atoms with Crippen LogP contribution in [0.25, 0.3) is 10.9 Å². The first-order valence-electron chi connectivity index (χ1n) is 11.2. The zero-order chi connectivity index (χ0) is 25.6. The molecule has 0 saturated carbocycles. The van der Waals surface area contributed by atoms with E-state index in [2.05, 4.69) is 11.1 Å². The Morgan fingerprint density at radius 2 is 1.78 bits per heavy atom. The van der Waals surface area contributed by atoms with Crippen molar-refractivity contribution in [3.8, 4) is 11.5 Å². The number of para-hydroxylation sites is 1. The van der Waals surface area contributed by atoms with Crippen molar-refractivity contribution in [3.05, 3.63) is 59.3 Å². The number of aromatic amines is 1. The average Bonchev–Trinajstić information content (AvgIpc) is 3.44. The van der Waals surface area contributed by atoms with Gasteiger partial charge in [0.25, 0.3) is 0 Å². The standard InChI is InChI=1S/C22H19N3O4.C3H4O4/c1-24-10-19(26)25-16(22(24)27)9-14-13-4-2-3-5-15(13)23-20(14)21(25)12-6-7-17-18(8-12)29-11-28-17;4-2(5)1-3(6)7/h2-8,16,21,23H,9-11H2,1H3;1H2,(H,4,5)(H,6,7)/t16-,21-;/m1./s1. The highest BCUT2D eigenvalue weighted by atomic mass is 16.7. The molecule has 3 N–H and O–H groups in total. The second-order valence-electron chi connectivity index (χ2n) is 8.76. The summed E-state index contributed by atoms with van der Waals surface area (Å²) < 4.78 is 11.0. The lowest BCUT2D eigenvalue weighted by Crippen LogP contribution is -2.62. The molecule has 1 aromatic heterocycles. The lowest BCUT2D eigenvalue weighted by Gasteiger charge is -2.46. The Morgan fingerprint density at radius 1 is 1.06 bits per heavy atom. The van der Waals surface area contributed by atoms with Gasteiger partial charge in [0.1, 0.15) is 12.5 Å². The molecular formula is C25H23N3O8. The molecule has 4 heterocycles. The van der Waals surface area contributed by atoms with Crippen LogP contribution in [0.3, 0.4) is 0 Å². The van der Waals surface area contributed by atoms with E-state index < -0.39 is 24.4 Å². The molecular weight excluding hydrogens is 470 g/mol. The van der Waals surface area contributed by atoms with E-state index in [4.69, 9.17) is 19.7 Å². The van der Waals surface area contributed by atoms with E-state index in [0.29, 0.717) is 17.9 Å². The maximum atomic E-state index is 13.1. The molecule has 0 radical (unpaired) electrons. The fourth-order valence-corrected chi connectivity index (χ4v) is 4.97. The molecule has 2 amide bonds. The van der Waals surface area contributed by atoms with Crippen LogP contribution in [0, 0.1) is 0 Å². The first-order chi connectivity index (χ1) is 17.2. The van der Waals surface area contributed by atoms with Crippen LogP contribution >= 0.6 is 0 Å². The van der Waals surface area contributed by atoms with Gasteiger partial charge in [0, 0.05) is 30.1 Å². The third-order valence-corrected chi connectivity index (χ3v) is 6.47. The number of carbonyl (C=O) groups excluding carboxylic acids is 2. The number of rotatable bonds is 3. The minimum atomic E-state index is -1.31. The van der Waals surface area contributed by atoms with E-state index in [1.807, 2.05) is 36.4 Å². The predicted molar refractivity (Wildman–Crippen MR) is 125 cm³/mol. The van der Waals surface area contributed by atoms with Crippen molar-refractivity contribution in [3.63, 3.8) is 0 Å². The van der Waals surface area contributed by atoms with E-state index in [0.717, 1.165) is 27.7 Å². The van der Waals surface area contributed by atoms with Gasteiger partial charge in [0.2, 0.25) is 18.6 Å². The largest absolute Gasteiger partial charge is 0.481 e. The minimum Gasteiger partial charge on any atom is -0.481 e. The minimum absolute atomic E-state index is 0.0220. The van der Waals surface area contributed by atoms with Crippen LogP contribution < -0.4 is 9.47 Å². The number of fused-ring (bicyclic) bond motifs is 5. The molecule has 0 bridgehead atoms. The van der Waals surface area contributed by atoms with Crippen LogP contribution in [-0.2, 0) is 25.6 Å². The van der Waals surface area contributed by atoms with Crippen LogP contribution in [0.5, 0.6) is 11.5 Å². The number of H-pyrrole nitrogens is 1. The van der Waals surface area contributed by atoms with E-state index >= 15 is 0 Å². The van der Waals surface area contributed by atoms with Crippen molar-refractivity contribution in [1.29, 1.82) is 0 Å². The SMILES string of the molecule is CN1CC(=O)N2[C@H](c3ccc4c(c3)OCO4)c3[nH]c4ccccc4c3C[C@@H]2C1=O.O=C(O)CC(=O)O. The summed E-state index contributed by atoms with van der Waals surface area (Å²) in [4.78, 5) is 51.8. The van der Waals surface area contributed by atoms with Crippen molar-refractivity contribution in [2.24, 2.45) is 0 Å². The number of aliphatic carboxylic acids is 2. The normalized spacial score (nSPS) is 19.9. The second-order valence-corrected chi connectivity index (χ2v) is 8.76. The lowest BCUT2D eigenvalue weighted by atomic mass is 9.86. The van der Waals surface area contributed by atoms with Crippen molar-refractivity contribution >= 4 is 34.7 Å². The van der Waals surface area contributed by atoms with Gasteiger partial charge in [-0.1, -0.05) is 24.3 Å². The van der Waals surface area contributed by atoms with Gasteiger partial charge >= 0.3 is 11.9 Å². The van der Waals surface area contributed by atoms with Crippen LogP contribution in [0.4, 0.5) is 0 Å². The Bertz CT molecular complexity index is 1390. The number of likely N-dealkylation sites (N-methyl/N-ethyl adjacent to an activating group) is 1. The molecule has 1 saturated heterocycles. The summed E-state index contributed by atoms with van der Waals surface area (Å²) in [5.41, 5.74) is 3.97. The Kier molecular flexibility index (Phi) is 5.75. The molecule has 2 atom stereocenters. The topological polar surface area (TPSA) is 149 Å². The number of carboxylic acid groups (broad SMARTS) is 2. The predicted octanol–water partition coefficient (Wildman–Crippen LogP) is 1.76. The molecule has 11 nitrogen and oxygen atoms in total. The van der Waals surface area contributed by atoms with Gasteiger partial charge in [-0.15, -0.1) is 0 Å². The van der Waals surface area contributed by atoms with Gasteiger partial charge < -0.3 is 34.5 Å². The molecule has 0 unspecified atom stereocenters. The Hall–Kier alpha value is -4.54. The molecule has 3 aromatic rings. The number of hydrogen-bond acceptors (Lipinski definition) is 6. The maximum absolute atomic E-state index is 13.1. The summed E-state index contributed by atoms with van der Waals surface area (Å²) in [5, 5.41) is 16.5. The number of nitrogens with zero attached hydrogens (tertiary/aromatic N) is 2. The third kappa shape index (κ3) is 3.98. The summed E-state index contributed by atoms with van der Waals surface area (Å²) in [7, 11) is 1.69. The molecule has 11 heteroatoms. The first kappa shape index (κ1) is 23.2. The van der Waals surface area contributed by atoms with Crippen LogP contribution in [0.1, 0.15) is 29.3 Å². The molecule has 2 aromatic carbocycles. The number of ether oxygens (including phenoxy) is 2. The van der Waals surface area contributed by atoms with Crippen molar-refractivity contribution in [1.82, 2.24) is 14.8 Å². The number of amides is 2. The van der Waals surface area contributed by atoms with E-state index in [-0.39, 0.29) is 31.2 Å². The highest BCUT2D eigenvalue weighted by Gasteiger charge is 2.47. The summed E-state index contributed by atoms with van der Waals surface area (Å²) in [6, 6.07) is 12.9. The van der Waals surface area contributed by atoms with Crippen molar-refractivity contribution in [2.75, 3.05) is 20.4 Å². The van der Waals surface area contributed by atoms with Gasteiger partial charge in [-0.05, 0) is 29.3 Å². The number of carboxylic acids is 2. The molecule has 36 heavy (non-hydrogen) atoms.